The number of aliphatic hydroxyl groups is 1. The third-order valence-electron chi connectivity index (χ3n) is 2.97. The van der Waals surface area contributed by atoms with Crippen LogP contribution in [0.3, 0.4) is 0 Å². The van der Waals surface area contributed by atoms with E-state index in [9.17, 15) is 15.2 Å². The first-order valence-corrected chi connectivity index (χ1v) is 6.19. The van der Waals surface area contributed by atoms with Crippen LogP contribution in [0.25, 0.3) is 0 Å². The highest BCUT2D eigenvalue weighted by Crippen LogP contribution is 2.34. The molecule has 0 bridgehead atoms. The van der Waals surface area contributed by atoms with E-state index in [0.29, 0.717) is 11.3 Å². The number of hydrogen-bond acceptors (Lipinski definition) is 4. The first-order valence-electron chi connectivity index (χ1n) is 6.19. The number of nitrogens with zero attached hydrogens (tertiary/aromatic N) is 1. The molecule has 0 aliphatic rings. The smallest absolute Gasteiger partial charge is 0.314 e. The monoisotopic (exact) mass is 273 g/mol. The van der Waals surface area contributed by atoms with Crippen molar-refractivity contribution in [1.29, 1.82) is 0 Å². The van der Waals surface area contributed by atoms with Crippen LogP contribution in [0.5, 0.6) is 11.5 Å². The number of aryl methyl sites for hydroxylation is 1. The second kappa shape index (κ2) is 5.71. The quantitative estimate of drug-likeness (QED) is 0.680. The maximum atomic E-state index is 11.1. The molecule has 1 N–H and O–H groups in total. The highest BCUT2D eigenvalue weighted by molar-refractivity contribution is 5.53. The first kappa shape index (κ1) is 14.0. The van der Waals surface area contributed by atoms with Crippen LogP contribution in [-0.2, 0) is 0 Å². The first-order chi connectivity index (χ1) is 9.49. The fourth-order valence-electron chi connectivity index (χ4n) is 1.89. The summed E-state index contributed by atoms with van der Waals surface area (Å²) in [6.45, 7) is 3.34. The fraction of sp³-hybridized carbons (Fsp3) is 0.200. The number of para-hydroxylation sites is 1. The molecule has 2 aromatic rings. The van der Waals surface area contributed by atoms with E-state index in [1.807, 2.05) is 0 Å². The number of hydrogen-bond donors (Lipinski definition) is 1. The number of aliphatic hydroxyl groups excluding tert-OH is 1. The largest absolute Gasteiger partial charge is 0.450 e. The summed E-state index contributed by atoms with van der Waals surface area (Å²) in [5.74, 6) is 0.697. The van der Waals surface area contributed by atoms with Gasteiger partial charge in [0.15, 0.2) is 0 Å². The second-order valence-electron chi connectivity index (χ2n) is 4.53. The predicted octanol–water partition coefficient (Wildman–Crippen LogP) is 3.75. The van der Waals surface area contributed by atoms with Gasteiger partial charge in [-0.1, -0.05) is 24.3 Å². The molecule has 0 aliphatic heterocycles. The predicted molar refractivity (Wildman–Crippen MR) is 75.0 cm³/mol. The minimum atomic E-state index is -0.558. The standard InChI is InChI=1S/C15H15NO4/c1-10-4-3-5-14(15(10)16(18)19)20-13-8-6-12(7-9-13)11(2)17/h3-9,11,17H,1-2H3/t11-/m0/s1. The molecular formula is C15H15NO4. The van der Waals surface area contributed by atoms with E-state index >= 15 is 0 Å². The lowest BCUT2D eigenvalue weighted by Crippen LogP contribution is -1.96. The van der Waals surface area contributed by atoms with Gasteiger partial charge in [-0.2, -0.15) is 0 Å². The van der Waals surface area contributed by atoms with Gasteiger partial charge in [0.25, 0.3) is 0 Å². The van der Waals surface area contributed by atoms with Gasteiger partial charge in [-0.25, -0.2) is 0 Å². The van der Waals surface area contributed by atoms with E-state index in [4.69, 9.17) is 4.74 Å². The molecule has 0 spiro atoms. The second-order valence-corrected chi connectivity index (χ2v) is 4.53. The lowest BCUT2D eigenvalue weighted by Gasteiger charge is -2.09. The Morgan fingerprint density at radius 2 is 1.85 bits per heavy atom. The molecule has 0 saturated heterocycles. The zero-order valence-corrected chi connectivity index (χ0v) is 11.2. The third-order valence-corrected chi connectivity index (χ3v) is 2.97. The van der Waals surface area contributed by atoms with Gasteiger partial charge in [0, 0.05) is 5.56 Å². The van der Waals surface area contributed by atoms with E-state index in [1.54, 1.807) is 56.3 Å². The van der Waals surface area contributed by atoms with Crippen LogP contribution in [-0.4, -0.2) is 10.0 Å². The number of nitro groups is 1. The molecule has 5 nitrogen and oxygen atoms in total. The van der Waals surface area contributed by atoms with E-state index < -0.39 is 11.0 Å². The maximum Gasteiger partial charge on any atom is 0.314 e. The molecule has 0 aliphatic carbocycles. The molecule has 2 rings (SSSR count). The zero-order chi connectivity index (χ0) is 14.7. The van der Waals surface area contributed by atoms with Gasteiger partial charge in [0.2, 0.25) is 5.75 Å². The molecule has 0 saturated carbocycles. The summed E-state index contributed by atoms with van der Waals surface area (Å²) in [6.07, 6.45) is -0.558. The highest BCUT2D eigenvalue weighted by Gasteiger charge is 2.18. The molecular weight excluding hydrogens is 258 g/mol. The van der Waals surface area contributed by atoms with Crippen molar-refractivity contribution in [3.8, 4) is 11.5 Å². The van der Waals surface area contributed by atoms with Crippen LogP contribution in [0, 0.1) is 17.0 Å². The van der Waals surface area contributed by atoms with Crippen molar-refractivity contribution in [3.05, 3.63) is 63.7 Å². The van der Waals surface area contributed by atoms with Crippen molar-refractivity contribution in [2.45, 2.75) is 20.0 Å². The van der Waals surface area contributed by atoms with Crippen molar-refractivity contribution >= 4 is 5.69 Å². The Balaban J connectivity index is 2.30. The van der Waals surface area contributed by atoms with Gasteiger partial charge in [-0.15, -0.1) is 0 Å². The fourth-order valence-corrected chi connectivity index (χ4v) is 1.89. The van der Waals surface area contributed by atoms with Gasteiger partial charge >= 0.3 is 5.69 Å². The molecule has 0 amide bonds. The SMILES string of the molecule is Cc1cccc(Oc2ccc([C@H](C)O)cc2)c1[N+](=O)[O-]. The summed E-state index contributed by atoms with van der Waals surface area (Å²) in [5, 5.41) is 20.5. The van der Waals surface area contributed by atoms with Crippen LogP contribution in [0.4, 0.5) is 5.69 Å². The van der Waals surface area contributed by atoms with Gasteiger partial charge in [-0.3, -0.25) is 10.1 Å². The minimum absolute atomic E-state index is 0.0351. The van der Waals surface area contributed by atoms with Gasteiger partial charge < -0.3 is 9.84 Å². The Labute approximate surface area is 116 Å². The number of benzene rings is 2. The van der Waals surface area contributed by atoms with Crippen LogP contribution < -0.4 is 4.74 Å². The number of nitro benzene ring substituents is 1. The number of ether oxygens (including phenoxy) is 1. The lowest BCUT2D eigenvalue weighted by molar-refractivity contribution is -0.386. The topological polar surface area (TPSA) is 72.6 Å². The van der Waals surface area contributed by atoms with Crippen LogP contribution >= 0.6 is 0 Å². The molecule has 1 atom stereocenters. The molecule has 0 radical (unpaired) electrons. The Kier molecular flexibility index (Phi) is 4.00. The van der Waals surface area contributed by atoms with Gasteiger partial charge in [-0.05, 0) is 37.6 Å². The zero-order valence-electron chi connectivity index (χ0n) is 11.2. The maximum absolute atomic E-state index is 11.1. The molecule has 104 valence electrons. The Hall–Kier alpha value is -2.40. The Morgan fingerprint density at radius 3 is 2.40 bits per heavy atom. The Morgan fingerprint density at radius 1 is 1.20 bits per heavy atom. The van der Waals surface area contributed by atoms with Crippen molar-refractivity contribution in [2.75, 3.05) is 0 Å². The van der Waals surface area contributed by atoms with Crippen LogP contribution in [0.15, 0.2) is 42.5 Å². The van der Waals surface area contributed by atoms with E-state index in [-0.39, 0.29) is 11.4 Å². The molecule has 2 aromatic carbocycles. The summed E-state index contributed by atoms with van der Waals surface area (Å²) in [4.78, 5) is 10.6. The van der Waals surface area contributed by atoms with Crippen molar-refractivity contribution in [3.63, 3.8) is 0 Å². The van der Waals surface area contributed by atoms with E-state index in [0.717, 1.165) is 5.56 Å². The summed E-state index contributed by atoms with van der Waals surface area (Å²) >= 11 is 0. The molecule has 0 heterocycles. The lowest BCUT2D eigenvalue weighted by atomic mass is 10.1. The molecule has 0 fully saturated rings. The summed E-state index contributed by atoms with van der Waals surface area (Å²) in [7, 11) is 0. The molecule has 0 aromatic heterocycles. The third kappa shape index (κ3) is 2.95. The van der Waals surface area contributed by atoms with Crippen molar-refractivity contribution < 1.29 is 14.8 Å². The van der Waals surface area contributed by atoms with Gasteiger partial charge in [0.05, 0.1) is 11.0 Å². The molecule has 0 unspecified atom stereocenters. The van der Waals surface area contributed by atoms with Gasteiger partial charge in [0.1, 0.15) is 5.75 Å². The minimum Gasteiger partial charge on any atom is -0.450 e. The van der Waals surface area contributed by atoms with Crippen LogP contribution in [0.1, 0.15) is 24.2 Å². The van der Waals surface area contributed by atoms with E-state index in [2.05, 4.69) is 0 Å². The number of rotatable bonds is 4. The summed E-state index contributed by atoms with van der Waals surface area (Å²) < 4.78 is 5.56. The normalized spacial score (nSPS) is 11.9. The molecule has 20 heavy (non-hydrogen) atoms. The summed E-state index contributed by atoms with van der Waals surface area (Å²) in [5.41, 5.74) is 1.27. The van der Waals surface area contributed by atoms with Crippen LogP contribution in [0.2, 0.25) is 0 Å². The highest BCUT2D eigenvalue weighted by atomic mass is 16.6. The summed E-state index contributed by atoms with van der Waals surface area (Å²) in [6, 6.07) is 11.7. The van der Waals surface area contributed by atoms with Crippen molar-refractivity contribution in [2.24, 2.45) is 0 Å². The average molecular weight is 273 g/mol. The Bertz CT molecular complexity index is 620. The molecule has 5 heteroatoms. The average Bonchev–Trinajstić information content (AvgIpc) is 2.39. The van der Waals surface area contributed by atoms with E-state index in [1.165, 1.54) is 0 Å². The van der Waals surface area contributed by atoms with Crippen molar-refractivity contribution in [1.82, 2.24) is 0 Å².